The smallest absolute Gasteiger partial charge is 0.350 e. The molecule has 5 heterocycles. The fourth-order valence-electron chi connectivity index (χ4n) is 7.32. The standard InChI is InChI=1S/C34H41ClN10O12S2/c1-16-12-43(40-20(47)13-45(9-4-5-10-45)11-8-37-25(49)17-6-7-19(46)24(48)21(17)35)32(56)44(16)34(30(54)55)15-42-27(51)23(28(42)59-34)39-26(50)22(18-14-58-31(36)38-18)41-57-33(2,3)29(52)53/h6-7,14,16,23,28H,4-5,8-13,15H2,1-3H3,(H8-,36,37,38,39,40,41,46,47,48,49,50,52,53,54,55)/p+1/t16-,23+,28+,34+/m0/s1. The number of carbonyl (C=O) groups is 7. The summed E-state index contributed by atoms with van der Waals surface area (Å²) < 4.78 is 0.286. The van der Waals surface area contributed by atoms with E-state index in [1.807, 2.05) is 0 Å². The SMILES string of the molecule is C[C@H]1CN(NC(=O)C[N+]2(CCNC(=O)c3ccc(O)c(O)c3Cl)CCCC2)C(=O)N1[C@]1(C(=O)O)CN2C(=O)[C@@H](NC(=O)/C(=N\OC(C)(C)C(=O)O)c3csc(N)n3)[C@H]2S1. The predicted molar refractivity (Wildman–Crippen MR) is 209 cm³/mol. The Bertz CT molecular complexity index is 2130. The van der Waals surface area contributed by atoms with Gasteiger partial charge in [-0.25, -0.2) is 24.4 Å². The number of thioether (sulfide) groups is 1. The third-order valence-electron chi connectivity index (χ3n) is 10.5. The van der Waals surface area contributed by atoms with E-state index in [2.05, 4.69) is 26.2 Å². The first-order valence-electron chi connectivity index (χ1n) is 18.2. The number of phenolic OH excluding ortho intramolecular Hbond substituents is 2. The lowest BCUT2D eigenvalue weighted by Crippen LogP contribution is -2.68. The topological polar surface area (TPSA) is 307 Å². The van der Waals surface area contributed by atoms with Gasteiger partial charge in [0.2, 0.25) is 16.4 Å². The number of nitrogens with zero attached hydrogens (tertiary/aromatic N) is 6. The molecular formula is C34H42ClN10O12S2+. The van der Waals surface area contributed by atoms with Crippen molar-refractivity contribution >= 4 is 87.1 Å². The maximum absolute atomic E-state index is 13.9. The maximum Gasteiger partial charge on any atom is 0.350 e. The zero-order chi connectivity index (χ0) is 43.2. The lowest BCUT2D eigenvalue weighted by atomic mass is 10.0. The molecule has 4 atom stereocenters. The minimum absolute atomic E-state index is 0.0431. The minimum atomic E-state index is -2.01. The summed E-state index contributed by atoms with van der Waals surface area (Å²) in [5.41, 5.74) is 5.92. The fourth-order valence-corrected chi connectivity index (χ4v) is 9.83. The molecule has 0 unspecified atom stereocenters. The van der Waals surface area contributed by atoms with Crippen molar-refractivity contribution in [1.29, 1.82) is 0 Å². The number of aromatic nitrogens is 1. The van der Waals surface area contributed by atoms with E-state index in [-0.39, 0.29) is 45.5 Å². The van der Waals surface area contributed by atoms with E-state index in [0.29, 0.717) is 19.6 Å². The number of benzene rings is 1. The highest BCUT2D eigenvalue weighted by atomic mass is 35.5. The Balaban J connectivity index is 1.10. The molecule has 0 saturated carbocycles. The van der Waals surface area contributed by atoms with Gasteiger partial charge in [0.1, 0.15) is 17.1 Å². The summed E-state index contributed by atoms with van der Waals surface area (Å²) in [4.78, 5) is 101. The lowest BCUT2D eigenvalue weighted by molar-refractivity contribution is -0.908. The second-order valence-corrected chi connectivity index (χ2v) is 17.7. The van der Waals surface area contributed by atoms with Gasteiger partial charge in [0, 0.05) is 18.2 Å². The first-order chi connectivity index (χ1) is 27.7. The molecule has 4 saturated heterocycles. The van der Waals surface area contributed by atoms with E-state index in [0.717, 1.165) is 51.9 Å². The van der Waals surface area contributed by atoms with Crippen LogP contribution in [0.3, 0.4) is 0 Å². The highest BCUT2D eigenvalue weighted by Crippen LogP contribution is 2.50. The Morgan fingerprint density at radius 1 is 1.15 bits per heavy atom. The molecule has 4 aliphatic rings. The van der Waals surface area contributed by atoms with E-state index in [1.54, 1.807) is 6.92 Å². The number of hydrazine groups is 1. The molecule has 1 aromatic carbocycles. The van der Waals surface area contributed by atoms with Gasteiger partial charge in [-0.2, -0.15) is 0 Å². The number of oxime groups is 1. The van der Waals surface area contributed by atoms with Gasteiger partial charge in [-0.3, -0.25) is 29.5 Å². The summed E-state index contributed by atoms with van der Waals surface area (Å²) in [7, 11) is 0. The molecule has 1 aromatic heterocycles. The molecule has 6 amide bonds. The summed E-state index contributed by atoms with van der Waals surface area (Å²) >= 11 is 7.76. The first kappa shape index (κ1) is 43.0. The number of aliphatic carboxylic acids is 2. The van der Waals surface area contributed by atoms with Crippen LogP contribution >= 0.6 is 34.7 Å². The summed E-state index contributed by atoms with van der Waals surface area (Å²) in [6.45, 7) is 5.14. The molecule has 318 valence electrons. The van der Waals surface area contributed by atoms with Crippen LogP contribution in [0.1, 0.15) is 49.7 Å². The van der Waals surface area contributed by atoms with Gasteiger partial charge < -0.3 is 51.0 Å². The number of thiazole rings is 1. The van der Waals surface area contributed by atoms with Crippen LogP contribution in [0.25, 0.3) is 0 Å². The summed E-state index contributed by atoms with van der Waals surface area (Å²) in [6.07, 6.45) is 1.62. The maximum atomic E-state index is 13.9. The average Bonchev–Trinajstić information content (AvgIpc) is 3.95. The van der Waals surface area contributed by atoms with Crippen molar-refractivity contribution in [2.45, 2.75) is 61.5 Å². The third kappa shape index (κ3) is 8.20. The van der Waals surface area contributed by atoms with Gasteiger partial charge in [0.15, 0.2) is 28.9 Å². The molecule has 0 radical (unpaired) electrons. The number of anilines is 1. The quantitative estimate of drug-likeness (QED) is 0.0376. The number of rotatable bonds is 15. The number of phenols is 2. The first-order valence-corrected chi connectivity index (χ1v) is 20.3. The van der Waals surface area contributed by atoms with E-state index in [1.165, 1.54) is 30.2 Å². The summed E-state index contributed by atoms with van der Waals surface area (Å²) in [6, 6.07) is -0.446. The number of carbonyl (C=O) groups excluding carboxylic acids is 5. The molecule has 59 heavy (non-hydrogen) atoms. The van der Waals surface area contributed by atoms with Crippen LogP contribution in [0.2, 0.25) is 5.02 Å². The van der Waals surface area contributed by atoms with Crippen molar-refractivity contribution in [2.24, 2.45) is 5.16 Å². The van der Waals surface area contributed by atoms with Crippen molar-refractivity contribution < 1.29 is 63.3 Å². The Morgan fingerprint density at radius 2 is 1.85 bits per heavy atom. The molecule has 0 bridgehead atoms. The van der Waals surface area contributed by atoms with E-state index in [9.17, 15) is 54.0 Å². The summed E-state index contributed by atoms with van der Waals surface area (Å²) in [5, 5.41) is 49.8. The van der Waals surface area contributed by atoms with Gasteiger partial charge in [-0.05, 0) is 32.9 Å². The van der Waals surface area contributed by atoms with Crippen LogP contribution in [0.15, 0.2) is 22.7 Å². The van der Waals surface area contributed by atoms with E-state index in [4.69, 9.17) is 22.2 Å². The van der Waals surface area contributed by atoms with Crippen LogP contribution in [-0.2, 0) is 28.8 Å². The number of β-lactam (4-membered cyclic amide) rings is 1. The van der Waals surface area contributed by atoms with Gasteiger partial charge >= 0.3 is 18.0 Å². The number of likely N-dealkylation sites (tertiary alicyclic amines) is 1. The van der Waals surface area contributed by atoms with Crippen LogP contribution in [-0.4, -0.2) is 166 Å². The third-order valence-corrected chi connectivity index (χ3v) is 13.2. The number of aromatic hydroxyl groups is 2. The Morgan fingerprint density at radius 3 is 2.47 bits per heavy atom. The number of nitrogens with one attached hydrogen (secondary N) is 3. The van der Waals surface area contributed by atoms with Crippen molar-refractivity contribution in [3.8, 4) is 11.5 Å². The van der Waals surface area contributed by atoms with Gasteiger partial charge in [-0.1, -0.05) is 28.5 Å². The average molecular weight is 882 g/mol. The molecular weight excluding hydrogens is 840 g/mol. The molecule has 0 spiro atoms. The highest BCUT2D eigenvalue weighted by molar-refractivity contribution is 8.02. The number of hydrogen-bond acceptors (Lipinski definition) is 15. The molecule has 22 nitrogen and oxygen atoms in total. The van der Waals surface area contributed by atoms with Crippen LogP contribution < -0.4 is 21.8 Å². The van der Waals surface area contributed by atoms with Gasteiger partial charge in [0.05, 0.1) is 55.9 Å². The Labute approximate surface area is 348 Å². The van der Waals surface area contributed by atoms with Crippen LogP contribution in [0.5, 0.6) is 11.5 Å². The van der Waals surface area contributed by atoms with Crippen LogP contribution in [0, 0.1) is 0 Å². The number of quaternary nitrogens is 1. The van der Waals surface area contributed by atoms with Crippen molar-refractivity contribution in [1.82, 2.24) is 35.9 Å². The van der Waals surface area contributed by atoms with Crippen LogP contribution in [0.4, 0.5) is 9.93 Å². The number of amides is 6. The number of hydrogen-bond donors (Lipinski definition) is 8. The van der Waals surface area contributed by atoms with E-state index >= 15 is 0 Å². The number of nitrogen functional groups attached to an aromatic ring is 1. The Kier molecular flexibility index (Phi) is 11.8. The van der Waals surface area contributed by atoms with Crippen molar-refractivity contribution in [2.75, 3.05) is 51.5 Å². The Hall–Kier alpha value is -5.59. The second-order valence-electron chi connectivity index (χ2n) is 15.0. The molecule has 4 aliphatic heterocycles. The molecule has 2 aromatic rings. The number of nitrogens with two attached hydrogens (primary N) is 1. The molecule has 0 aliphatic carbocycles. The zero-order valence-electron chi connectivity index (χ0n) is 31.8. The number of halogens is 1. The molecule has 4 fully saturated rings. The zero-order valence-corrected chi connectivity index (χ0v) is 34.2. The highest BCUT2D eigenvalue weighted by Gasteiger charge is 2.67. The molecule has 9 N–H and O–H groups in total. The number of carboxylic acids is 2. The van der Waals surface area contributed by atoms with Gasteiger partial charge in [-0.15, -0.1) is 11.3 Å². The number of urea groups is 1. The largest absolute Gasteiger partial charge is 0.504 e. The van der Waals surface area contributed by atoms with E-state index < -0.39 is 93.3 Å². The van der Waals surface area contributed by atoms with Crippen molar-refractivity contribution in [3.63, 3.8) is 0 Å². The minimum Gasteiger partial charge on any atom is -0.504 e. The normalized spacial score (nSPS) is 23.8. The van der Waals surface area contributed by atoms with Crippen molar-refractivity contribution in [3.05, 3.63) is 33.8 Å². The lowest BCUT2D eigenvalue weighted by Gasteiger charge is -2.41. The predicted octanol–water partition coefficient (Wildman–Crippen LogP) is -0.247. The second kappa shape index (κ2) is 16.2. The monoisotopic (exact) mass is 881 g/mol. The number of carboxylic acid groups (broad SMARTS) is 2. The molecule has 25 heteroatoms. The fraction of sp³-hybridized carbons (Fsp3) is 0.500. The van der Waals surface area contributed by atoms with Gasteiger partial charge in [0.25, 0.3) is 17.7 Å². The molecule has 6 rings (SSSR count). The number of fused-ring (bicyclic) bond motifs is 1. The summed E-state index contributed by atoms with van der Waals surface area (Å²) in [5.74, 6) is -6.64.